The molecule has 1 aromatic carbocycles. The van der Waals surface area contributed by atoms with Crippen molar-refractivity contribution in [2.75, 3.05) is 7.11 Å². The van der Waals surface area contributed by atoms with Gasteiger partial charge in [0.05, 0.1) is 29.6 Å². The average molecular weight is 331 g/mol. The molecule has 0 spiro atoms. The van der Waals surface area contributed by atoms with E-state index in [4.69, 9.17) is 10.4 Å². The Kier molecular flexibility index (Phi) is 6.75. The molecule has 0 bridgehead atoms. The number of benzene rings is 1. The van der Waals surface area contributed by atoms with E-state index in [0.29, 0.717) is 16.7 Å². The maximum Gasteiger partial charge on any atom is 0.337 e. The molecule has 3 N–H and O–H groups in total. The van der Waals surface area contributed by atoms with E-state index in [2.05, 4.69) is 9.73 Å². The van der Waals surface area contributed by atoms with E-state index in [-0.39, 0.29) is 0 Å². The number of aliphatic imine (C=N–C) groups is 1. The highest BCUT2D eigenvalue weighted by Crippen LogP contribution is 2.24. The predicted molar refractivity (Wildman–Crippen MR) is 95.4 cm³/mol. The molecule has 1 aromatic rings. The van der Waals surface area contributed by atoms with Crippen LogP contribution in [0.2, 0.25) is 0 Å². The van der Waals surface area contributed by atoms with Crippen LogP contribution in [0.3, 0.4) is 0 Å². The van der Waals surface area contributed by atoms with Gasteiger partial charge < -0.3 is 20.2 Å². The standard InChI is InChI=1S/C17H24BN2O4/c1-16(2,22)17(3,4)24-18-13(10-19)11-20-14-8-6-12(7-9-14)15(21)23-5/h6-11,22H,19H2,1-5H3. The summed E-state index contributed by atoms with van der Waals surface area (Å²) in [4.78, 5) is 15.6. The van der Waals surface area contributed by atoms with Crippen molar-refractivity contribution in [3.8, 4) is 0 Å². The van der Waals surface area contributed by atoms with Gasteiger partial charge in [-0.2, -0.15) is 0 Å². The summed E-state index contributed by atoms with van der Waals surface area (Å²) in [5, 5.41) is 10.1. The molecule has 6 nitrogen and oxygen atoms in total. The lowest BCUT2D eigenvalue weighted by Crippen LogP contribution is -2.48. The number of nitrogens with two attached hydrogens (primary N) is 1. The van der Waals surface area contributed by atoms with Gasteiger partial charge in [-0.25, -0.2) is 4.79 Å². The lowest BCUT2D eigenvalue weighted by atomic mass is 9.83. The predicted octanol–water partition coefficient (Wildman–Crippen LogP) is 2.16. The minimum atomic E-state index is -1.02. The molecule has 0 aromatic heterocycles. The Morgan fingerprint density at radius 1 is 1.25 bits per heavy atom. The number of ether oxygens (including phenoxy) is 1. The summed E-state index contributed by atoms with van der Waals surface area (Å²) >= 11 is 0. The first-order chi connectivity index (χ1) is 11.1. The van der Waals surface area contributed by atoms with Gasteiger partial charge >= 0.3 is 13.5 Å². The molecule has 1 rings (SSSR count). The third-order valence-corrected chi connectivity index (χ3v) is 3.81. The Morgan fingerprint density at radius 2 is 1.83 bits per heavy atom. The first kappa shape index (κ1) is 19.9. The molecular weight excluding hydrogens is 307 g/mol. The minimum Gasteiger partial charge on any atom is -0.465 e. The maximum absolute atomic E-state index is 11.4. The van der Waals surface area contributed by atoms with Crippen molar-refractivity contribution in [1.82, 2.24) is 0 Å². The molecular formula is C17H24BN2O4. The Labute approximate surface area is 143 Å². The molecule has 0 heterocycles. The monoisotopic (exact) mass is 331 g/mol. The van der Waals surface area contributed by atoms with Crippen LogP contribution < -0.4 is 5.73 Å². The van der Waals surface area contributed by atoms with Gasteiger partial charge in [0.1, 0.15) is 0 Å². The zero-order chi connectivity index (χ0) is 18.4. The lowest BCUT2D eigenvalue weighted by Gasteiger charge is -2.37. The maximum atomic E-state index is 11.4. The van der Waals surface area contributed by atoms with E-state index in [9.17, 15) is 9.90 Å². The molecule has 0 saturated carbocycles. The number of allylic oxidation sites excluding steroid dienone is 1. The van der Waals surface area contributed by atoms with E-state index >= 15 is 0 Å². The molecule has 0 atom stereocenters. The van der Waals surface area contributed by atoms with Crippen molar-refractivity contribution in [3.05, 3.63) is 41.5 Å². The minimum absolute atomic E-state index is 0.399. The van der Waals surface area contributed by atoms with Crippen LogP contribution in [-0.4, -0.2) is 43.1 Å². The second-order valence-corrected chi connectivity index (χ2v) is 6.27. The highest BCUT2D eigenvalue weighted by molar-refractivity contribution is 6.46. The molecule has 0 aliphatic rings. The van der Waals surface area contributed by atoms with Crippen LogP contribution in [0, 0.1) is 0 Å². The molecule has 7 heteroatoms. The highest BCUT2D eigenvalue weighted by Gasteiger charge is 2.35. The van der Waals surface area contributed by atoms with Gasteiger partial charge in [-0.05, 0) is 63.6 Å². The van der Waals surface area contributed by atoms with Gasteiger partial charge in [0.2, 0.25) is 0 Å². The summed E-state index contributed by atoms with van der Waals surface area (Å²) < 4.78 is 10.3. The van der Waals surface area contributed by atoms with Gasteiger partial charge in [-0.15, -0.1) is 0 Å². The smallest absolute Gasteiger partial charge is 0.337 e. The summed E-state index contributed by atoms with van der Waals surface area (Å²) in [6.07, 6.45) is 2.89. The molecule has 0 unspecified atom stereocenters. The molecule has 0 aliphatic heterocycles. The summed E-state index contributed by atoms with van der Waals surface area (Å²) in [6, 6.07) is 6.64. The molecule has 129 valence electrons. The molecule has 24 heavy (non-hydrogen) atoms. The Bertz CT molecular complexity index is 616. The fourth-order valence-corrected chi connectivity index (χ4v) is 1.42. The fraction of sp³-hybridized carbons (Fsp3) is 0.412. The first-order valence-corrected chi connectivity index (χ1v) is 7.48. The zero-order valence-electron chi connectivity index (χ0n) is 14.7. The summed E-state index contributed by atoms with van der Waals surface area (Å²) in [6.45, 7) is 6.90. The number of carbonyl (C=O) groups excluding carboxylic acids is 1. The second kappa shape index (κ2) is 8.12. The van der Waals surface area contributed by atoms with Gasteiger partial charge in [-0.3, -0.25) is 4.99 Å². The Morgan fingerprint density at radius 3 is 2.29 bits per heavy atom. The van der Waals surface area contributed by atoms with Crippen LogP contribution in [0.1, 0.15) is 38.1 Å². The van der Waals surface area contributed by atoms with Gasteiger partial charge in [-0.1, -0.05) is 0 Å². The van der Waals surface area contributed by atoms with E-state index in [1.165, 1.54) is 27.0 Å². The topological polar surface area (TPSA) is 94.1 Å². The van der Waals surface area contributed by atoms with Crippen LogP contribution in [0.15, 0.2) is 40.9 Å². The van der Waals surface area contributed by atoms with Crippen LogP contribution in [-0.2, 0) is 9.39 Å². The molecule has 0 aliphatic carbocycles. The van der Waals surface area contributed by atoms with Crippen LogP contribution in [0.25, 0.3) is 0 Å². The molecule has 1 radical (unpaired) electrons. The van der Waals surface area contributed by atoms with E-state index < -0.39 is 17.2 Å². The second-order valence-electron chi connectivity index (χ2n) is 6.27. The van der Waals surface area contributed by atoms with Gasteiger partial charge in [0.15, 0.2) is 0 Å². The fourth-order valence-electron chi connectivity index (χ4n) is 1.42. The summed E-state index contributed by atoms with van der Waals surface area (Å²) in [7, 11) is 2.78. The van der Waals surface area contributed by atoms with Gasteiger partial charge in [0, 0.05) is 6.21 Å². The van der Waals surface area contributed by atoms with Crippen molar-refractivity contribution in [1.29, 1.82) is 0 Å². The number of nitrogens with zero attached hydrogens (tertiary/aromatic N) is 1. The number of hydrogen-bond donors (Lipinski definition) is 2. The quantitative estimate of drug-likeness (QED) is 0.454. The van der Waals surface area contributed by atoms with E-state index in [1.807, 2.05) is 0 Å². The average Bonchev–Trinajstić information content (AvgIpc) is 2.53. The van der Waals surface area contributed by atoms with Crippen molar-refractivity contribution in [2.24, 2.45) is 10.7 Å². The Hall–Kier alpha value is -2.12. The molecule has 0 fully saturated rings. The summed E-state index contributed by atoms with van der Waals surface area (Å²) in [5.74, 6) is -0.399. The number of methoxy groups -OCH3 is 1. The largest absolute Gasteiger partial charge is 0.465 e. The Balaban J connectivity index is 2.72. The van der Waals surface area contributed by atoms with Crippen LogP contribution >= 0.6 is 0 Å². The normalized spacial score (nSPS) is 13.2. The number of rotatable bonds is 7. The molecule has 0 saturated heterocycles. The van der Waals surface area contributed by atoms with Crippen LogP contribution in [0.5, 0.6) is 0 Å². The number of hydrogen-bond acceptors (Lipinski definition) is 6. The first-order valence-electron chi connectivity index (χ1n) is 7.48. The van der Waals surface area contributed by atoms with Crippen molar-refractivity contribution < 1.29 is 19.3 Å². The number of carbonyl (C=O) groups is 1. The number of aliphatic hydroxyl groups is 1. The van der Waals surface area contributed by atoms with E-state index in [0.717, 1.165) is 0 Å². The van der Waals surface area contributed by atoms with E-state index in [1.54, 1.807) is 52.0 Å². The van der Waals surface area contributed by atoms with Crippen LogP contribution in [0.4, 0.5) is 5.69 Å². The third-order valence-electron chi connectivity index (χ3n) is 3.81. The zero-order valence-corrected chi connectivity index (χ0v) is 14.7. The summed E-state index contributed by atoms with van der Waals surface area (Å²) in [5.41, 5.74) is 5.40. The highest BCUT2D eigenvalue weighted by atomic mass is 16.5. The number of esters is 1. The van der Waals surface area contributed by atoms with Crippen molar-refractivity contribution in [3.63, 3.8) is 0 Å². The SMILES string of the molecule is COC(=O)c1ccc(N=CC([B]OC(C)(C)C(C)(C)O)=CN)cc1. The molecule has 0 amide bonds. The lowest BCUT2D eigenvalue weighted by molar-refractivity contribution is -0.0895. The third kappa shape index (κ3) is 5.51. The van der Waals surface area contributed by atoms with Crippen molar-refractivity contribution in [2.45, 2.75) is 38.9 Å². The van der Waals surface area contributed by atoms with Crippen molar-refractivity contribution >= 4 is 25.4 Å². The van der Waals surface area contributed by atoms with Gasteiger partial charge in [0.25, 0.3) is 0 Å².